The molecule has 0 bridgehead atoms. The number of rotatable bonds is 1. The van der Waals surface area contributed by atoms with E-state index in [9.17, 15) is 4.79 Å². The molecule has 3 N–H and O–H groups in total. The Morgan fingerprint density at radius 2 is 1.89 bits per heavy atom. The van der Waals surface area contributed by atoms with E-state index in [0.29, 0.717) is 5.38 Å². The Morgan fingerprint density at radius 3 is 1.89 bits per heavy atom. The maximum atomic E-state index is 9.24. The zero-order valence-corrected chi connectivity index (χ0v) is 6.35. The molecule has 0 aliphatic rings. The van der Waals surface area contributed by atoms with E-state index < -0.39 is 5.97 Å². The maximum absolute atomic E-state index is 9.24. The van der Waals surface area contributed by atoms with E-state index >= 15 is 0 Å². The van der Waals surface area contributed by atoms with Crippen molar-refractivity contribution in [2.45, 2.75) is 19.2 Å². The smallest absolute Gasteiger partial charge is 0.317 e. The van der Waals surface area contributed by atoms with E-state index in [-0.39, 0.29) is 6.54 Å². The van der Waals surface area contributed by atoms with E-state index in [0.717, 1.165) is 0 Å². The largest absolute Gasteiger partial charge is 0.480 e. The van der Waals surface area contributed by atoms with Crippen molar-refractivity contribution in [3.05, 3.63) is 0 Å². The summed E-state index contributed by atoms with van der Waals surface area (Å²) in [6.45, 7) is 3.59. The zero-order chi connectivity index (χ0) is 7.86. The van der Waals surface area contributed by atoms with Crippen LogP contribution in [-0.4, -0.2) is 23.0 Å². The van der Waals surface area contributed by atoms with Crippen LogP contribution in [0.2, 0.25) is 0 Å². The Kier molecular flexibility index (Phi) is 9.87. The number of aliphatic carboxylic acids is 1. The quantitative estimate of drug-likeness (QED) is 0.544. The lowest BCUT2D eigenvalue weighted by molar-refractivity contribution is -0.135. The summed E-state index contributed by atoms with van der Waals surface area (Å²) in [5.74, 6) is -0.968. The number of halogens is 1. The van der Waals surface area contributed by atoms with Crippen molar-refractivity contribution in [1.82, 2.24) is 0 Å². The normalized spacial score (nSPS) is 8.11. The number of carboxylic acids is 1. The maximum Gasteiger partial charge on any atom is 0.317 e. The number of carboxylic acid groups (broad SMARTS) is 1. The van der Waals surface area contributed by atoms with Gasteiger partial charge >= 0.3 is 5.97 Å². The van der Waals surface area contributed by atoms with Crippen molar-refractivity contribution in [2.24, 2.45) is 5.73 Å². The second-order valence-electron chi connectivity index (χ2n) is 1.61. The third-order valence-corrected chi connectivity index (χ3v) is 0.175. The number of nitrogens with two attached hydrogens (primary N) is 1. The monoisotopic (exact) mass is 153 g/mol. The average Bonchev–Trinajstić information content (AvgIpc) is 1.65. The Bertz CT molecular complexity index is 72.6. The minimum atomic E-state index is -0.968. The molecule has 0 atom stereocenters. The first kappa shape index (κ1) is 11.5. The van der Waals surface area contributed by atoms with Crippen molar-refractivity contribution in [3.63, 3.8) is 0 Å². The van der Waals surface area contributed by atoms with Crippen molar-refractivity contribution in [3.8, 4) is 0 Å². The van der Waals surface area contributed by atoms with Crippen LogP contribution in [0.15, 0.2) is 0 Å². The second-order valence-corrected chi connectivity index (χ2v) is 2.48. The minimum Gasteiger partial charge on any atom is -0.480 e. The Hall–Kier alpha value is -0.280. The van der Waals surface area contributed by atoms with Gasteiger partial charge in [-0.05, 0) is 13.8 Å². The van der Waals surface area contributed by atoms with Gasteiger partial charge in [0.25, 0.3) is 0 Å². The Labute approximate surface area is 59.8 Å². The summed E-state index contributed by atoms with van der Waals surface area (Å²) in [5, 5.41) is 7.90. The highest BCUT2D eigenvalue weighted by atomic mass is 35.5. The number of carbonyl (C=O) groups is 1. The van der Waals surface area contributed by atoms with Crippen LogP contribution in [0.5, 0.6) is 0 Å². The lowest BCUT2D eigenvalue weighted by Crippen LogP contribution is -2.10. The average molecular weight is 154 g/mol. The van der Waals surface area contributed by atoms with E-state index in [1.807, 2.05) is 13.8 Å². The van der Waals surface area contributed by atoms with Gasteiger partial charge in [-0.3, -0.25) is 4.79 Å². The molecule has 0 aliphatic heterocycles. The van der Waals surface area contributed by atoms with Crippen molar-refractivity contribution < 1.29 is 9.90 Å². The Balaban J connectivity index is 0. The molecule has 0 radical (unpaired) electrons. The van der Waals surface area contributed by atoms with Gasteiger partial charge in [-0.1, -0.05) is 0 Å². The fourth-order valence-corrected chi connectivity index (χ4v) is 0. The summed E-state index contributed by atoms with van der Waals surface area (Å²) >= 11 is 5.27. The van der Waals surface area contributed by atoms with Crippen LogP contribution < -0.4 is 5.73 Å². The minimum absolute atomic E-state index is 0.278. The summed E-state index contributed by atoms with van der Waals surface area (Å²) in [4.78, 5) is 9.24. The fraction of sp³-hybridized carbons (Fsp3) is 0.800. The number of alkyl halides is 1. The molecule has 0 heterocycles. The van der Waals surface area contributed by atoms with Gasteiger partial charge in [-0.15, -0.1) is 11.6 Å². The SMILES string of the molecule is CC(C)Cl.NCC(=O)O. The van der Waals surface area contributed by atoms with E-state index in [2.05, 4.69) is 5.73 Å². The topological polar surface area (TPSA) is 63.3 Å². The van der Waals surface area contributed by atoms with Gasteiger partial charge in [0.15, 0.2) is 0 Å². The van der Waals surface area contributed by atoms with Gasteiger partial charge in [0.05, 0.1) is 6.54 Å². The third kappa shape index (κ3) is 85.4. The summed E-state index contributed by atoms with van der Waals surface area (Å²) in [6, 6.07) is 0. The van der Waals surface area contributed by atoms with Gasteiger partial charge in [-0.2, -0.15) is 0 Å². The van der Waals surface area contributed by atoms with Gasteiger partial charge in [0, 0.05) is 5.38 Å². The molecule has 0 amide bonds. The van der Waals surface area contributed by atoms with Crippen molar-refractivity contribution in [1.29, 1.82) is 0 Å². The number of hydrogen-bond acceptors (Lipinski definition) is 2. The summed E-state index contributed by atoms with van der Waals surface area (Å²) in [5.41, 5.74) is 4.57. The molecule has 9 heavy (non-hydrogen) atoms. The summed E-state index contributed by atoms with van der Waals surface area (Å²) < 4.78 is 0. The van der Waals surface area contributed by atoms with Crippen LogP contribution in [0, 0.1) is 0 Å². The first-order chi connectivity index (χ1) is 4.00. The molecule has 0 saturated carbocycles. The summed E-state index contributed by atoms with van der Waals surface area (Å²) in [7, 11) is 0. The standard InChI is InChI=1S/C3H7Cl.C2H5NO2/c1-3(2)4;3-1-2(4)5/h3H,1-2H3;1,3H2,(H,4,5). The molecule has 56 valence electrons. The van der Waals surface area contributed by atoms with Crippen LogP contribution >= 0.6 is 11.6 Å². The molecule has 4 heteroatoms. The molecule has 3 nitrogen and oxygen atoms in total. The highest BCUT2D eigenvalue weighted by Gasteiger charge is 1.81. The molecule has 0 saturated heterocycles. The molecule has 0 fully saturated rings. The van der Waals surface area contributed by atoms with E-state index in [1.54, 1.807) is 0 Å². The van der Waals surface area contributed by atoms with Crippen molar-refractivity contribution >= 4 is 17.6 Å². The predicted octanol–water partition coefficient (Wildman–Crippen LogP) is 0.663. The molecule has 0 spiro atoms. The molecule has 0 unspecified atom stereocenters. The lowest BCUT2D eigenvalue weighted by Gasteiger charge is -1.76. The van der Waals surface area contributed by atoms with E-state index in [4.69, 9.17) is 16.7 Å². The molecular weight excluding hydrogens is 142 g/mol. The lowest BCUT2D eigenvalue weighted by atomic mass is 10.6. The van der Waals surface area contributed by atoms with Crippen LogP contribution in [0.4, 0.5) is 0 Å². The molecule has 0 aromatic heterocycles. The highest BCUT2D eigenvalue weighted by molar-refractivity contribution is 6.20. The highest BCUT2D eigenvalue weighted by Crippen LogP contribution is 1.84. The zero-order valence-electron chi connectivity index (χ0n) is 5.60. The van der Waals surface area contributed by atoms with Gasteiger partial charge in [-0.25, -0.2) is 0 Å². The van der Waals surface area contributed by atoms with Crippen molar-refractivity contribution in [2.75, 3.05) is 6.54 Å². The van der Waals surface area contributed by atoms with E-state index in [1.165, 1.54) is 0 Å². The predicted molar refractivity (Wildman–Crippen MR) is 37.7 cm³/mol. The second kappa shape index (κ2) is 7.72. The fourth-order valence-electron chi connectivity index (χ4n) is 0. The first-order valence-corrected chi connectivity index (χ1v) is 3.00. The molecule has 0 aliphatic carbocycles. The van der Waals surface area contributed by atoms with Crippen LogP contribution in [0.1, 0.15) is 13.8 Å². The first-order valence-electron chi connectivity index (χ1n) is 2.56. The number of hydrogen-bond donors (Lipinski definition) is 2. The Morgan fingerprint density at radius 1 is 1.78 bits per heavy atom. The molecule has 0 aromatic rings. The molecule has 0 rings (SSSR count). The van der Waals surface area contributed by atoms with Crippen LogP contribution in [-0.2, 0) is 4.79 Å². The van der Waals surface area contributed by atoms with Crippen LogP contribution in [0.3, 0.4) is 0 Å². The third-order valence-electron chi connectivity index (χ3n) is 0.175. The van der Waals surface area contributed by atoms with Gasteiger partial charge in [0.2, 0.25) is 0 Å². The summed E-state index contributed by atoms with van der Waals surface area (Å²) in [6.07, 6.45) is 0. The molecular formula is C5H12ClNO2. The van der Waals surface area contributed by atoms with Gasteiger partial charge < -0.3 is 10.8 Å². The van der Waals surface area contributed by atoms with Gasteiger partial charge in [0.1, 0.15) is 0 Å². The van der Waals surface area contributed by atoms with Crippen LogP contribution in [0.25, 0.3) is 0 Å². The molecule has 0 aromatic carbocycles.